The lowest BCUT2D eigenvalue weighted by Crippen LogP contribution is -2.17. The van der Waals surface area contributed by atoms with E-state index in [2.05, 4.69) is 10.5 Å². The molecular formula is C22H17N3O5. The molecule has 1 N–H and O–H groups in total. The number of benzene rings is 3. The molecule has 0 aliphatic rings. The van der Waals surface area contributed by atoms with Crippen molar-refractivity contribution in [1.29, 1.82) is 0 Å². The molecule has 0 aliphatic carbocycles. The second-order valence-corrected chi connectivity index (χ2v) is 6.28. The lowest BCUT2D eigenvalue weighted by molar-refractivity contribution is -0.384. The average Bonchev–Trinajstić information content (AvgIpc) is 2.75. The predicted octanol–water partition coefficient (Wildman–Crippen LogP) is 3.89. The van der Waals surface area contributed by atoms with Crippen molar-refractivity contribution in [1.82, 2.24) is 5.43 Å². The molecule has 8 nitrogen and oxygen atoms in total. The van der Waals surface area contributed by atoms with Crippen molar-refractivity contribution in [2.24, 2.45) is 5.10 Å². The van der Waals surface area contributed by atoms with E-state index in [0.717, 1.165) is 5.56 Å². The third kappa shape index (κ3) is 5.14. The molecular weight excluding hydrogens is 386 g/mol. The maximum atomic E-state index is 12.2. The minimum Gasteiger partial charge on any atom is -0.423 e. The number of amides is 1. The SMILES string of the molecule is Cc1ccccc1C(=O)Oc1ccc(C=NNC(=O)c2cccc([N+](=O)[O-])c2)cc1. The second-order valence-electron chi connectivity index (χ2n) is 6.28. The zero-order valence-electron chi connectivity index (χ0n) is 15.9. The molecule has 0 saturated heterocycles. The molecule has 0 radical (unpaired) electrons. The molecule has 0 fully saturated rings. The smallest absolute Gasteiger partial charge is 0.343 e. The predicted molar refractivity (Wildman–Crippen MR) is 111 cm³/mol. The number of nitrogens with one attached hydrogen (secondary N) is 1. The Morgan fingerprint density at radius 1 is 1.03 bits per heavy atom. The summed E-state index contributed by atoms with van der Waals surface area (Å²) >= 11 is 0. The Morgan fingerprint density at radius 3 is 2.47 bits per heavy atom. The highest BCUT2D eigenvalue weighted by Gasteiger charge is 2.11. The molecule has 0 spiro atoms. The van der Waals surface area contributed by atoms with Gasteiger partial charge in [0.05, 0.1) is 16.7 Å². The van der Waals surface area contributed by atoms with Crippen LogP contribution in [0.4, 0.5) is 5.69 Å². The Labute approximate surface area is 172 Å². The highest BCUT2D eigenvalue weighted by Crippen LogP contribution is 2.16. The van der Waals surface area contributed by atoms with E-state index in [1.54, 1.807) is 36.4 Å². The molecule has 0 aromatic heterocycles. The second kappa shape index (κ2) is 9.24. The Morgan fingerprint density at radius 2 is 1.77 bits per heavy atom. The summed E-state index contributed by atoms with van der Waals surface area (Å²) < 4.78 is 5.36. The molecule has 0 atom stereocenters. The molecule has 150 valence electrons. The normalized spacial score (nSPS) is 10.6. The van der Waals surface area contributed by atoms with Crippen molar-refractivity contribution in [3.05, 3.63) is 105 Å². The van der Waals surface area contributed by atoms with Crippen LogP contribution in [0.5, 0.6) is 5.75 Å². The van der Waals surface area contributed by atoms with Crippen LogP contribution < -0.4 is 10.2 Å². The van der Waals surface area contributed by atoms with Crippen molar-refractivity contribution in [2.45, 2.75) is 6.92 Å². The summed E-state index contributed by atoms with van der Waals surface area (Å²) in [5.74, 6) is -0.640. The summed E-state index contributed by atoms with van der Waals surface area (Å²) in [7, 11) is 0. The van der Waals surface area contributed by atoms with Gasteiger partial charge in [-0.25, -0.2) is 10.2 Å². The van der Waals surface area contributed by atoms with E-state index in [1.165, 1.54) is 30.5 Å². The number of ether oxygens (including phenoxy) is 1. The summed E-state index contributed by atoms with van der Waals surface area (Å²) in [4.78, 5) is 34.5. The Bertz CT molecular complexity index is 1120. The van der Waals surface area contributed by atoms with Gasteiger partial charge < -0.3 is 4.74 Å². The van der Waals surface area contributed by atoms with Crippen LogP contribution in [-0.4, -0.2) is 23.0 Å². The van der Waals surface area contributed by atoms with Crippen LogP contribution in [0.3, 0.4) is 0 Å². The number of rotatable bonds is 6. The van der Waals surface area contributed by atoms with Crippen LogP contribution in [0.15, 0.2) is 77.9 Å². The van der Waals surface area contributed by atoms with Gasteiger partial charge in [0.25, 0.3) is 11.6 Å². The maximum Gasteiger partial charge on any atom is 0.343 e. The minimum atomic E-state index is -0.576. The van der Waals surface area contributed by atoms with Crippen molar-refractivity contribution in [2.75, 3.05) is 0 Å². The summed E-state index contributed by atoms with van der Waals surface area (Å²) in [6.45, 7) is 1.83. The van der Waals surface area contributed by atoms with Gasteiger partial charge in [-0.05, 0) is 54.4 Å². The molecule has 8 heteroatoms. The fourth-order valence-electron chi connectivity index (χ4n) is 2.58. The van der Waals surface area contributed by atoms with Gasteiger partial charge in [-0.3, -0.25) is 14.9 Å². The standard InChI is InChI=1S/C22H17N3O5/c1-15-5-2-3-8-20(15)22(27)30-19-11-9-16(10-12-19)14-23-24-21(26)17-6-4-7-18(13-17)25(28)29/h2-14H,1H3,(H,24,26). The van der Waals surface area contributed by atoms with Gasteiger partial charge in [0.2, 0.25) is 0 Å². The van der Waals surface area contributed by atoms with Crippen molar-refractivity contribution < 1.29 is 19.2 Å². The number of nitrogens with zero attached hydrogens (tertiary/aromatic N) is 2. The number of nitro groups is 1. The Balaban J connectivity index is 1.59. The number of non-ortho nitro benzene ring substituents is 1. The number of hydrogen-bond acceptors (Lipinski definition) is 6. The third-order valence-corrected chi connectivity index (χ3v) is 4.15. The number of esters is 1. The van der Waals surface area contributed by atoms with Crippen LogP contribution in [0.2, 0.25) is 0 Å². The van der Waals surface area contributed by atoms with Crippen molar-refractivity contribution >= 4 is 23.8 Å². The van der Waals surface area contributed by atoms with Gasteiger partial charge >= 0.3 is 5.97 Å². The molecule has 1 amide bonds. The maximum absolute atomic E-state index is 12.2. The quantitative estimate of drug-likeness (QED) is 0.221. The largest absolute Gasteiger partial charge is 0.423 e. The zero-order valence-corrected chi connectivity index (χ0v) is 15.9. The lowest BCUT2D eigenvalue weighted by Gasteiger charge is -2.06. The van der Waals surface area contributed by atoms with Crippen LogP contribution in [0.1, 0.15) is 31.8 Å². The number of nitro benzene ring substituents is 1. The van der Waals surface area contributed by atoms with Crippen LogP contribution >= 0.6 is 0 Å². The lowest BCUT2D eigenvalue weighted by atomic mass is 10.1. The monoisotopic (exact) mass is 403 g/mol. The van der Waals surface area contributed by atoms with Gasteiger partial charge in [-0.2, -0.15) is 5.10 Å². The first-order chi connectivity index (χ1) is 14.4. The number of hydrazone groups is 1. The molecule has 0 unspecified atom stereocenters. The van der Waals surface area contributed by atoms with E-state index in [-0.39, 0.29) is 11.3 Å². The highest BCUT2D eigenvalue weighted by atomic mass is 16.6. The third-order valence-electron chi connectivity index (χ3n) is 4.15. The van der Waals surface area contributed by atoms with Gasteiger partial charge in [0, 0.05) is 17.7 Å². The van der Waals surface area contributed by atoms with E-state index >= 15 is 0 Å². The Kier molecular flexibility index (Phi) is 6.29. The summed E-state index contributed by atoms with van der Waals surface area (Å²) in [6.07, 6.45) is 1.40. The summed E-state index contributed by atoms with van der Waals surface area (Å²) in [6, 6.07) is 19.1. The first kappa shape index (κ1) is 20.4. The minimum absolute atomic E-state index is 0.125. The van der Waals surface area contributed by atoms with E-state index in [0.29, 0.717) is 16.9 Å². The van der Waals surface area contributed by atoms with E-state index in [9.17, 15) is 19.7 Å². The van der Waals surface area contributed by atoms with Crippen LogP contribution in [0, 0.1) is 17.0 Å². The fourth-order valence-corrected chi connectivity index (χ4v) is 2.58. The molecule has 0 aliphatic heterocycles. The number of carbonyl (C=O) groups excluding carboxylic acids is 2. The molecule has 0 saturated carbocycles. The van der Waals surface area contributed by atoms with Gasteiger partial charge in [-0.1, -0.05) is 24.3 Å². The van der Waals surface area contributed by atoms with Crippen molar-refractivity contribution in [3.8, 4) is 5.75 Å². The van der Waals surface area contributed by atoms with E-state index < -0.39 is 16.8 Å². The molecule has 0 heterocycles. The number of carbonyl (C=O) groups is 2. The number of hydrogen-bond donors (Lipinski definition) is 1. The highest BCUT2D eigenvalue weighted by molar-refractivity contribution is 5.95. The molecule has 3 aromatic carbocycles. The zero-order chi connectivity index (χ0) is 21.5. The first-order valence-corrected chi connectivity index (χ1v) is 8.90. The number of aryl methyl sites for hydroxylation is 1. The fraction of sp³-hybridized carbons (Fsp3) is 0.0455. The van der Waals surface area contributed by atoms with Crippen molar-refractivity contribution in [3.63, 3.8) is 0 Å². The van der Waals surface area contributed by atoms with Gasteiger partial charge in [-0.15, -0.1) is 0 Å². The van der Waals surface area contributed by atoms with Gasteiger partial charge in [0.15, 0.2) is 0 Å². The van der Waals surface area contributed by atoms with Crippen LogP contribution in [0.25, 0.3) is 0 Å². The molecule has 30 heavy (non-hydrogen) atoms. The van der Waals surface area contributed by atoms with Crippen LogP contribution in [-0.2, 0) is 0 Å². The summed E-state index contributed by atoms with van der Waals surface area (Å²) in [5, 5.41) is 14.6. The van der Waals surface area contributed by atoms with E-state index in [4.69, 9.17) is 4.74 Å². The first-order valence-electron chi connectivity index (χ1n) is 8.90. The molecule has 0 bridgehead atoms. The topological polar surface area (TPSA) is 111 Å². The average molecular weight is 403 g/mol. The Hall–Kier alpha value is -4.33. The summed E-state index contributed by atoms with van der Waals surface area (Å²) in [5.41, 5.74) is 4.23. The van der Waals surface area contributed by atoms with Gasteiger partial charge in [0.1, 0.15) is 5.75 Å². The van der Waals surface area contributed by atoms with E-state index in [1.807, 2.05) is 19.1 Å². The molecule has 3 aromatic rings. The molecule has 3 rings (SSSR count).